The molecule has 106 valence electrons. The van der Waals surface area contributed by atoms with Crippen LogP contribution in [-0.4, -0.2) is 35.6 Å². The van der Waals surface area contributed by atoms with Crippen LogP contribution in [0.4, 0.5) is 0 Å². The monoisotopic (exact) mass is 354 g/mol. The van der Waals surface area contributed by atoms with E-state index >= 15 is 0 Å². The standard InChI is InChI=1S/C14H15BrN2O2S/c1-10-4-5-13(12-3-2-7-16-14(10)12)20(18,19)17-8-6-11(15)9-17/h2-5,7,11H,6,8-9H2,1H3. The molecule has 2 aromatic rings. The van der Waals surface area contributed by atoms with Crippen LogP contribution in [0.15, 0.2) is 35.4 Å². The van der Waals surface area contributed by atoms with Gasteiger partial charge in [-0.15, -0.1) is 0 Å². The topological polar surface area (TPSA) is 50.3 Å². The second kappa shape index (κ2) is 5.09. The molecule has 1 aromatic carbocycles. The summed E-state index contributed by atoms with van der Waals surface area (Å²) in [6.07, 6.45) is 2.54. The Hall–Kier alpha value is -0.980. The first kappa shape index (κ1) is 14.0. The summed E-state index contributed by atoms with van der Waals surface area (Å²) in [6.45, 7) is 3.03. The SMILES string of the molecule is Cc1ccc(S(=O)(=O)N2CCC(Br)C2)c2cccnc12. The smallest absolute Gasteiger partial charge is 0.243 e. The van der Waals surface area contributed by atoms with Crippen LogP contribution in [-0.2, 0) is 10.0 Å². The second-order valence-corrected chi connectivity index (χ2v) is 8.23. The van der Waals surface area contributed by atoms with E-state index in [2.05, 4.69) is 20.9 Å². The van der Waals surface area contributed by atoms with Gasteiger partial charge in [-0.25, -0.2) is 8.42 Å². The van der Waals surface area contributed by atoms with Crippen LogP contribution < -0.4 is 0 Å². The van der Waals surface area contributed by atoms with Crippen LogP contribution in [0.3, 0.4) is 0 Å². The average molecular weight is 355 g/mol. The van der Waals surface area contributed by atoms with Gasteiger partial charge in [-0.1, -0.05) is 22.0 Å². The van der Waals surface area contributed by atoms with E-state index in [4.69, 9.17) is 0 Å². The van der Waals surface area contributed by atoms with Gasteiger partial charge in [-0.2, -0.15) is 4.31 Å². The van der Waals surface area contributed by atoms with Crippen molar-refractivity contribution in [2.75, 3.05) is 13.1 Å². The van der Waals surface area contributed by atoms with Crippen LogP contribution in [0.5, 0.6) is 0 Å². The number of fused-ring (bicyclic) bond motifs is 1. The van der Waals surface area contributed by atoms with Crippen molar-refractivity contribution in [3.8, 4) is 0 Å². The summed E-state index contributed by atoms with van der Waals surface area (Å²) < 4.78 is 27.1. The zero-order valence-electron chi connectivity index (χ0n) is 11.1. The number of benzene rings is 1. The Morgan fingerprint density at radius 2 is 2.15 bits per heavy atom. The molecular weight excluding hydrogens is 340 g/mol. The van der Waals surface area contributed by atoms with Gasteiger partial charge in [-0.3, -0.25) is 4.98 Å². The molecule has 0 amide bonds. The highest BCUT2D eigenvalue weighted by Gasteiger charge is 2.32. The van der Waals surface area contributed by atoms with Gasteiger partial charge in [0.15, 0.2) is 0 Å². The van der Waals surface area contributed by atoms with E-state index in [1.807, 2.05) is 19.1 Å². The van der Waals surface area contributed by atoms with Crippen LogP contribution in [0, 0.1) is 6.92 Å². The zero-order valence-corrected chi connectivity index (χ0v) is 13.5. The summed E-state index contributed by atoms with van der Waals surface area (Å²) in [5, 5.41) is 0.700. The van der Waals surface area contributed by atoms with Crippen molar-refractivity contribution >= 4 is 36.9 Å². The number of pyridine rings is 1. The lowest BCUT2D eigenvalue weighted by atomic mass is 10.1. The number of aryl methyl sites for hydroxylation is 1. The number of hydrogen-bond donors (Lipinski definition) is 0. The molecule has 0 radical (unpaired) electrons. The first-order valence-electron chi connectivity index (χ1n) is 6.49. The first-order valence-corrected chi connectivity index (χ1v) is 8.84. The van der Waals surface area contributed by atoms with Crippen LogP contribution in [0.1, 0.15) is 12.0 Å². The fourth-order valence-corrected chi connectivity index (χ4v) is 4.99. The molecule has 20 heavy (non-hydrogen) atoms. The number of sulfonamides is 1. The molecule has 4 nitrogen and oxygen atoms in total. The highest BCUT2D eigenvalue weighted by atomic mass is 79.9. The molecule has 1 aromatic heterocycles. The maximum atomic E-state index is 12.8. The summed E-state index contributed by atoms with van der Waals surface area (Å²) in [7, 11) is -3.45. The van der Waals surface area contributed by atoms with Crippen LogP contribution >= 0.6 is 15.9 Å². The molecule has 1 saturated heterocycles. The number of halogens is 1. The van der Waals surface area contributed by atoms with E-state index in [0.717, 1.165) is 17.5 Å². The van der Waals surface area contributed by atoms with Crippen molar-refractivity contribution < 1.29 is 8.42 Å². The fraction of sp³-hybridized carbons (Fsp3) is 0.357. The van der Waals surface area contributed by atoms with Crippen molar-refractivity contribution in [2.45, 2.75) is 23.1 Å². The van der Waals surface area contributed by atoms with Gasteiger partial charge in [0.1, 0.15) is 0 Å². The molecule has 0 N–H and O–H groups in total. The summed E-state index contributed by atoms with van der Waals surface area (Å²) in [5.74, 6) is 0. The van der Waals surface area contributed by atoms with Gasteiger partial charge < -0.3 is 0 Å². The zero-order chi connectivity index (χ0) is 14.3. The minimum Gasteiger partial charge on any atom is -0.256 e. The largest absolute Gasteiger partial charge is 0.256 e. The summed E-state index contributed by atoms with van der Waals surface area (Å²) in [4.78, 5) is 4.90. The molecule has 1 aliphatic rings. The van der Waals surface area contributed by atoms with Gasteiger partial charge in [0.05, 0.1) is 10.4 Å². The molecule has 1 aliphatic heterocycles. The van der Waals surface area contributed by atoms with Crippen molar-refractivity contribution in [1.29, 1.82) is 0 Å². The average Bonchev–Trinajstić information content (AvgIpc) is 2.87. The lowest BCUT2D eigenvalue weighted by molar-refractivity contribution is 0.479. The van der Waals surface area contributed by atoms with E-state index in [1.54, 1.807) is 22.6 Å². The van der Waals surface area contributed by atoms with Crippen molar-refractivity contribution in [1.82, 2.24) is 9.29 Å². The van der Waals surface area contributed by atoms with Gasteiger partial charge in [0.25, 0.3) is 0 Å². The molecule has 3 rings (SSSR count). The third-order valence-corrected chi connectivity index (χ3v) is 6.31. The molecule has 1 unspecified atom stereocenters. The predicted molar refractivity (Wildman–Crippen MR) is 82.6 cm³/mol. The number of nitrogens with zero attached hydrogens (tertiary/aromatic N) is 2. The highest BCUT2D eigenvalue weighted by molar-refractivity contribution is 9.09. The molecule has 0 spiro atoms. The highest BCUT2D eigenvalue weighted by Crippen LogP contribution is 2.29. The number of rotatable bonds is 2. The molecule has 2 heterocycles. The van der Waals surface area contributed by atoms with E-state index in [-0.39, 0.29) is 4.83 Å². The normalized spacial score (nSPS) is 20.6. The predicted octanol–water partition coefficient (Wildman–Crippen LogP) is 2.70. The van der Waals surface area contributed by atoms with E-state index in [0.29, 0.717) is 23.4 Å². The van der Waals surface area contributed by atoms with Gasteiger partial charge in [0, 0.05) is 29.5 Å². The van der Waals surface area contributed by atoms with Gasteiger partial charge in [0.2, 0.25) is 10.0 Å². The van der Waals surface area contributed by atoms with E-state index in [1.165, 1.54) is 0 Å². The lowest BCUT2D eigenvalue weighted by Gasteiger charge is -2.17. The Labute approximate surface area is 127 Å². The number of alkyl halides is 1. The third-order valence-electron chi connectivity index (χ3n) is 3.64. The van der Waals surface area contributed by atoms with Crippen molar-refractivity contribution in [3.63, 3.8) is 0 Å². The molecule has 1 atom stereocenters. The molecule has 0 saturated carbocycles. The van der Waals surface area contributed by atoms with Gasteiger partial charge >= 0.3 is 0 Å². The number of hydrogen-bond acceptors (Lipinski definition) is 3. The molecule has 0 bridgehead atoms. The Bertz CT molecular complexity index is 761. The van der Waals surface area contributed by atoms with E-state index in [9.17, 15) is 8.42 Å². The molecule has 6 heteroatoms. The Morgan fingerprint density at radius 3 is 2.85 bits per heavy atom. The second-order valence-electron chi connectivity index (χ2n) is 5.03. The Morgan fingerprint density at radius 1 is 1.35 bits per heavy atom. The molecule has 0 aliphatic carbocycles. The Kier molecular flexibility index (Phi) is 3.56. The third kappa shape index (κ3) is 2.25. The first-order chi connectivity index (χ1) is 9.50. The van der Waals surface area contributed by atoms with Crippen LogP contribution in [0.25, 0.3) is 10.9 Å². The summed E-state index contributed by atoms with van der Waals surface area (Å²) in [6, 6.07) is 7.11. The molecular formula is C14H15BrN2O2S. The minimum absolute atomic E-state index is 0.243. The molecule has 1 fully saturated rings. The minimum atomic E-state index is -3.45. The summed E-state index contributed by atoms with van der Waals surface area (Å²) >= 11 is 3.49. The number of aromatic nitrogens is 1. The summed E-state index contributed by atoms with van der Waals surface area (Å²) in [5.41, 5.74) is 1.74. The maximum Gasteiger partial charge on any atom is 0.243 e. The lowest BCUT2D eigenvalue weighted by Crippen LogP contribution is -2.29. The van der Waals surface area contributed by atoms with E-state index < -0.39 is 10.0 Å². The van der Waals surface area contributed by atoms with Gasteiger partial charge in [-0.05, 0) is 37.1 Å². The fourth-order valence-electron chi connectivity index (χ4n) is 2.56. The quantitative estimate of drug-likeness (QED) is 0.779. The van der Waals surface area contributed by atoms with Crippen molar-refractivity contribution in [2.24, 2.45) is 0 Å². The van der Waals surface area contributed by atoms with Crippen molar-refractivity contribution in [3.05, 3.63) is 36.0 Å². The maximum absolute atomic E-state index is 12.8. The van der Waals surface area contributed by atoms with Crippen LogP contribution in [0.2, 0.25) is 0 Å². The Balaban J connectivity index is 2.17.